The number of halogens is 1. The molecule has 6 heteroatoms. The van der Waals surface area contributed by atoms with Crippen LogP contribution in [0.4, 0.5) is 4.39 Å². The summed E-state index contributed by atoms with van der Waals surface area (Å²) in [5, 5.41) is 2.86. The van der Waals surface area contributed by atoms with E-state index >= 15 is 0 Å². The van der Waals surface area contributed by atoms with Crippen LogP contribution in [0.15, 0.2) is 66.9 Å². The largest absolute Gasteiger partial charge is 0.480 e. The summed E-state index contributed by atoms with van der Waals surface area (Å²) in [6.07, 6.45) is 1.57. The smallest absolute Gasteiger partial charge is 0.261 e. The average Bonchev–Trinajstić information content (AvgIpc) is 3.11. The number of hydrogen-bond donors (Lipinski definition) is 1. The van der Waals surface area contributed by atoms with E-state index in [0.717, 1.165) is 11.3 Å². The Bertz CT molecular complexity index is 952. The number of aromatic nitrogens is 1. The lowest BCUT2D eigenvalue weighted by atomic mass is 10.1. The lowest BCUT2D eigenvalue weighted by Crippen LogP contribution is -2.37. The predicted molar refractivity (Wildman–Crippen MR) is 97.1 cm³/mol. The minimum atomic E-state index is -0.549. The van der Waals surface area contributed by atoms with Crippen LogP contribution < -0.4 is 14.8 Å². The highest BCUT2D eigenvalue weighted by Gasteiger charge is 2.28. The molecule has 2 aromatic carbocycles. The molecule has 3 aromatic rings. The Labute approximate surface area is 155 Å². The first-order valence-electron chi connectivity index (χ1n) is 8.58. The Morgan fingerprint density at radius 3 is 2.93 bits per heavy atom. The predicted octanol–water partition coefficient (Wildman–Crippen LogP) is 3.63. The summed E-state index contributed by atoms with van der Waals surface area (Å²) in [6, 6.07) is 17.0. The van der Waals surface area contributed by atoms with Gasteiger partial charge in [-0.3, -0.25) is 4.79 Å². The van der Waals surface area contributed by atoms with Crippen molar-refractivity contribution >= 4 is 5.91 Å². The zero-order chi connectivity index (χ0) is 18.6. The zero-order valence-electron chi connectivity index (χ0n) is 14.4. The van der Waals surface area contributed by atoms with Crippen molar-refractivity contribution in [3.63, 3.8) is 0 Å². The lowest BCUT2D eigenvalue weighted by molar-refractivity contribution is -0.127. The van der Waals surface area contributed by atoms with Crippen LogP contribution in [0.2, 0.25) is 0 Å². The monoisotopic (exact) mass is 364 g/mol. The second kappa shape index (κ2) is 7.45. The van der Waals surface area contributed by atoms with E-state index in [2.05, 4.69) is 10.3 Å². The van der Waals surface area contributed by atoms with E-state index in [1.807, 2.05) is 24.3 Å². The van der Waals surface area contributed by atoms with Crippen LogP contribution in [0.3, 0.4) is 0 Å². The number of pyridine rings is 1. The van der Waals surface area contributed by atoms with Crippen LogP contribution in [0, 0.1) is 5.82 Å². The summed E-state index contributed by atoms with van der Waals surface area (Å²) in [6.45, 7) is 0.230. The average molecular weight is 364 g/mol. The Morgan fingerprint density at radius 2 is 2.07 bits per heavy atom. The van der Waals surface area contributed by atoms with Crippen LogP contribution >= 0.6 is 0 Å². The maximum Gasteiger partial charge on any atom is 0.261 e. The van der Waals surface area contributed by atoms with Crippen molar-refractivity contribution in [1.82, 2.24) is 10.3 Å². The maximum atomic E-state index is 13.3. The van der Waals surface area contributed by atoms with Gasteiger partial charge in [0.05, 0.1) is 0 Å². The number of carbonyl (C=O) groups excluding carboxylic acids is 1. The van der Waals surface area contributed by atoms with E-state index in [4.69, 9.17) is 9.47 Å². The Balaban J connectivity index is 1.41. The van der Waals surface area contributed by atoms with Gasteiger partial charge in [0.15, 0.2) is 6.10 Å². The summed E-state index contributed by atoms with van der Waals surface area (Å²) >= 11 is 0. The van der Waals surface area contributed by atoms with E-state index in [-0.39, 0.29) is 12.5 Å². The number of amides is 1. The van der Waals surface area contributed by atoms with Crippen LogP contribution in [-0.4, -0.2) is 17.0 Å². The molecule has 0 radical (unpaired) electrons. The van der Waals surface area contributed by atoms with E-state index in [0.29, 0.717) is 23.6 Å². The number of nitrogens with zero attached hydrogens (tertiary/aromatic N) is 1. The molecular formula is C21H17FN2O3. The maximum absolute atomic E-state index is 13.3. The summed E-state index contributed by atoms with van der Waals surface area (Å²) in [4.78, 5) is 16.6. The van der Waals surface area contributed by atoms with Crippen molar-refractivity contribution in [3.8, 4) is 17.4 Å². The molecule has 0 saturated heterocycles. The van der Waals surface area contributed by atoms with Crippen molar-refractivity contribution in [3.05, 3.63) is 83.8 Å². The molecule has 0 aliphatic carbocycles. The molecule has 0 fully saturated rings. The Kier molecular flexibility index (Phi) is 4.70. The summed E-state index contributed by atoms with van der Waals surface area (Å²) in [7, 11) is 0. The fraction of sp³-hybridized carbons (Fsp3) is 0.143. The standard InChI is InChI=1S/C21H17FN2O3/c22-16-7-3-8-17(12-16)26-21-15(6-4-10-23-21)13-24-20(25)19-11-14-5-1-2-9-18(14)27-19/h1-10,12,19H,11,13H2,(H,24,25)/t19-/m1/s1. The number of rotatable bonds is 5. The van der Waals surface area contributed by atoms with Gasteiger partial charge in [0.1, 0.15) is 17.3 Å². The lowest BCUT2D eigenvalue weighted by Gasteiger charge is -2.13. The van der Waals surface area contributed by atoms with Gasteiger partial charge in [0.25, 0.3) is 5.91 Å². The van der Waals surface area contributed by atoms with Crippen molar-refractivity contribution in [2.75, 3.05) is 0 Å². The molecular weight excluding hydrogens is 347 g/mol. The number of fused-ring (bicyclic) bond motifs is 1. The fourth-order valence-electron chi connectivity index (χ4n) is 2.92. The number of carbonyl (C=O) groups is 1. The number of nitrogens with one attached hydrogen (secondary N) is 1. The van der Waals surface area contributed by atoms with Gasteiger partial charge in [-0.05, 0) is 29.8 Å². The van der Waals surface area contributed by atoms with Crippen molar-refractivity contribution in [1.29, 1.82) is 0 Å². The van der Waals surface area contributed by atoms with Gasteiger partial charge in [-0.1, -0.05) is 30.3 Å². The molecule has 1 atom stereocenters. The minimum Gasteiger partial charge on any atom is -0.480 e. The highest BCUT2D eigenvalue weighted by molar-refractivity contribution is 5.82. The molecule has 0 spiro atoms. The molecule has 1 aliphatic heterocycles. The SMILES string of the molecule is O=C(NCc1cccnc1Oc1cccc(F)c1)[C@H]1Cc2ccccc2O1. The third kappa shape index (κ3) is 3.89. The third-order valence-corrected chi connectivity index (χ3v) is 4.25. The van der Waals surface area contributed by atoms with E-state index in [9.17, 15) is 9.18 Å². The molecule has 1 N–H and O–H groups in total. The molecule has 0 bridgehead atoms. The number of para-hydroxylation sites is 1. The van der Waals surface area contributed by atoms with Crippen LogP contribution in [0.25, 0.3) is 0 Å². The van der Waals surface area contributed by atoms with Gasteiger partial charge < -0.3 is 14.8 Å². The normalized spacial score (nSPS) is 14.9. The van der Waals surface area contributed by atoms with Crippen molar-refractivity contribution in [2.45, 2.75) is 19.1 Å². The summed E-state index contributed by atoms with van der Waals surface area (Å²) in [5.41, 5.74) is 1.71. The highest BCUT2D eigenvalue weighted by Crippen LogP contribution is 2.28. The number of benzene rings is 2. The van der Waals surface area contributed by atoms with Gasteiger partial charge in [-0.2, -0.15) is 0 Å². The zero-order valence-corrected chi connectivity index (χ0v) is 14.4. The quantitative estimate of drug-likeness (QED) is 0.751. The van der Waals surface area contributed by atoms with E-state index in [1.54, 1.807) is 30.5 Å². The van der Waals surface area contributed by atoms with Gasteiger partial charge in [-0.15, -0.1) is 0 Å². The van der Waals surface area contributed by atoms with Gasteiger partial charge in [0.2, 0.25) is 5.88 Å². The molecule has 27 heavy (non-hydrogen) atoms. The first kappa shape index (κ1) is 17.0. The Morgan fingerprint density at radius 1 is 1.19 bits per heavy atom. The topological polar surface area (TPSA) is 60.5 Å². The number of ether oxygens (including phenoxy) is 2. The molecule has 0 unspecified atom stereocenters. The van der Waals surface area contributed by atoms with Crippen molar-refractivity contribution < 1.29 is 18.7 Å². The van der Waals surface area contributed by atoms with Crippen LogP contribution in [-0.2, 0) is 17.8 Å². The molecule has 1 aliphatic rings. The third-order valence-electron chi connectivity index (χ3n) is 4.25. The van der Waals surface area contributed by atoms with Gasteiger partial charge in [-0.25, -0.2) is 9.37 Å². The molecule has 5 nitrogen and oxygen atoms in total. The Hall–Kier alpha value is -3.41. The minimum absolute atomic E-state index is 0.202. The van der Waals surface area contributed by atoms with Gasteiger partial charge in [0, 0.05) is 30.8 Å². The van der Waals surface area contributed by atoms with E-state index < -0.39 is 11.9 Å². The van der Waals surface area contributed by atoms with Crippen LogP contribution in [0.1, 0.15) is 11.1 Å². The highest BCUT2D eigenvalue weighted by atomic mass is 19.1. The van der Waals surface area contributed by atoms with Crippen LogP contribution in [0.5, 0.6) is 17.4 Å². The summed E-state index contributed by atoms with van der Waals surface area (Å²) < 4.78 is 24.7. The fourth-order valence-corrected chi connectivity index (χ4v) is 2.92. The first-order valence-corrected chi connectivity index (χ1v) is 8.58. The first-order chi connectivity index (χ1) is 13.2. The number of hydrogen-bond acceptors (Lipinski definition) is 4. The second-order valence-corrected chi connectivity index (χ2v) is 6.16. The van der Waals surface area contributed by atoms with Gasteiger partial charge >= 0.3 is 0 Å². The molecule has 4 rings (SSSR count). The summed E-state index contributed by atoms with van der Waals surface area (Å²) in [5.74, 6) is 0.812. The molecule has 136 valence electrons. The molecule has 0 saturated carbocycles. The van der Waals surface area contributed by atoms with Crippen molar-refractivity contribution in [2.24, 2.45) is 0 Å². The second-order valence-electron chi connectivity index (χ2n) is 6.16. The molecule has 2 heterocycles. The molecule has 1 aromatic heterocycles. The molecule has 1 amide bonds. The van der Waals surface area contributed by atoms with E-state index in [1.165, 1.54) is 12.1 Å².